The zero-order valence-electron chi connectivity index (χ0n) is 14.4. The van der Waals surface area contributed by atoms with Gasteiger partial charge in [-0.3, -0.25) is 9.47 Å². The predicted molar refractivity (Wildman–Crippen MR) is 104 cm³/mol. The van der Waals surface area contributed by atoms with E-state index in [2.05, 4.69) is 14.9 Å². The van der Waals surface area contributed by atoms with Crippen LogP contribution < -0.4 is 4.90 Å². The molecule has 1 saturated heterocycles. The first-order chi connectivity index (χ1) is 12.7. The third kappa shape index (κ3) is 3.36. The van der Waals surface area contributed by atoms with Crippen LogP contribution >= 0.6 is 12.2 Å². The van der Waals surface area contributed by atoms with Crippen LogP contribution in [0.25, 0.3) is 5.69 Å². The van der Waals surface area contributed by atoms with Crippen molar-refractivity contribution in [1.82, 2.24) is 19.2 Å². The highest BCUT2D eigenvalue weighted by atomic mass is 32.1. The van der Waals surface area contributed by atoms with Crippen LogP contribution in [-0.2, 0) is 6.67 Å². The number of aromatic hydroxyl groups is 1. The molecule has 0 saturated carbocycles. The number of piperazine rings is 1. The van der Waals surface area contributed by atoms with Crippen LogP contribution in [0.15, 0.2) is 60.9 Å². The van der Waals surface area contributed by atoms with Crippen molar-refractivity contribution in [1.29, 1.82) is 0 Å². The molecule has 2 heterocycles. The smallest absolute Gasteiger partial charge is 0.203 e. The number of aromatic nitrogens is 3. The number of phenols is 1. The van der Waals surface area contributed by atoms with Crippen LogP contribution in [0.2, 0.25) is 0 Å². The van der Waals surface area contributed by atoms with Gasteiger partial charge in [0, 0.05) is 31.9 Å². The minimum Gasteiger partial charge on any atom is -0.506 e. The van der Waals surface area contributed by atoms with Gasteiger partial charge in [-0.15, -0.1) is 0 Å². The van der Waals surface area contributed by atoms with E-state index in [4.69, 9.17) is 12.2 Å². The minimum absolute atomic E-state index is 0.338. The fourth-order valence-corrected chi connectivity index (χ4v) is 3.51. The molecule has 3 aromatic rings. The van der Waals surface area contributed by atoms with Gasteiger partial charge < -0.3 is 10.0 Å². The summed E-state index contributed by atoms with van der Waals surface area (Å²) in [7, 11) is 0. The first-order valence-electron chi connectivity index (χ1n) is 8.67. The molecule has 1 aliphatic rings. The number of anilines is 1. The second-order valence-corrected chi connectivity index (χ2v) is 6.72. The number of benzene rings is 2. The quantitative estimate of drug-likeness (QED) is 0.719. The molecule has 4 rings (SSSR count). The van der Waals surface area contributed by atoms with Gasteiger partial charge in [0.25, 0.3) is 0 Å². The molecular weight excluding hydrogens is 346 g/mol. The van der Waals surface area contributed by atoms with Crippen LogP contribution in [-0.4, -0.2) is 50.5 Å². The van der Waals surface area contributed by atoms with Crippen LogP contribution in [0, 0.1) is 4.77 Å². The normalized spacial score (nSPS) is 15.3. The second-order valence-electron chi connectivity index (χ2n) is 6.35. The molecule has 1 aromatic heterocycles. The molecule has 7 heteroatoms. The summed E-state index contributed by atoms with van der Waals surface area (Å²) >= 11 is 5.59. The summed E-state index contributed by atoms with van der Waals surface area (Å²) in [5.41, 5.74) is 1.92. The van der Waals surface area contributed by atoms with Crippen LogP contribution in [0.1, 0.15) is 0 Å². The average Bonchev–Trinajstić information content (AvgIpc) is 3.04. The number of para-hydroxylation sites is 3. The van der Waals surface area contributed by atoms with Gasteiger partial charge in [-0.05, 0) is 36.5 Å². The Hall–Kier alpha value is -2.64. The minimum atomic E-state index is 0.338. The lowest BCUT2D eigenvalue weighted by molar-refractivity contribution is 0.194. The molecule has 134 valence electrons. The molecule has 0 radical (unpaired) electrons. The Morgan fingerprint density at radius 2 is 1.62 bits per heavy atom. The lowest BCUT2D eigenvalue weighted by Gasteiger charge is -2.36. The number of nitrogens with zero attached hydrogens (tertiary/aromatic N) is 5. The van der Waals surface area contributed by atoms with Crippen molar-refractivity contribution in [3.8, 4) is 11.4 Å². The van der Waals surface area contributed by atoms with Crippen molar-refractivity contribution in [2.75, 3.05) is 31.1 Å². The van der Waals surface area contributed by atoms with Crippen LogP contribution in [0.4, 0.5) is 5.69 Å². The molecule has 1 aliphatic heterocycles. The zero-order chi connectivity index (χ0) is 17.9. The second kappa shape index (κ2) is 7.31. The summed E-state index contributed by atoms with van der Waals surface area (Å²) in [6, 6.07) is 17.5. The Balaban J connectivity index is 1.42. The maximum absolute atomic E-state index is 10.0. The number of hydrogen-bond donors (Lipinski definition) is 1. The molecule has 0 amide bonds. The molecule has 0 bridgehead atoms. The van der Waals surface area contributed by atoms with E-state index in [0.29, 0.717) is 17.2 Å². The largest absolute Gasteiger partial charge is 0.506 e. The Morgan fingerprint density at radius 3 is 2.35 bits per heavy atom. The van der Waals surface area contributed by atoms with E-state index in [1.165, 1.54) is 0 Å². The SMILES string of the molecule is Oc1ccccc1N1CCN(Cn2ncn(-c3ccccc3)c2=S)CC1. The van der Waals surface area contributed by atoms with Gasteiger partial charge in [0.15, 0.2) is 0 Å². The predicted octanol–water partition coefficient (Wildman–Crippen LogP) is 2.89. The first-order valence-corrected chi connectivity index (χ1v) is 9.08. The highest BCUT2D eigenvalue weighted by Gasteiger charge is 2.19. The lowest BCUT2D eigenvalue weighted by Crippen LogP contribution is -2.47. The molecule has 0 atom stereocenters. The molecule has 1 N–H and O–H groups in total. The van der Waals surface area contributed by atoms with Crippen molar-refractivity contribution >= 4 is 17.9 Å². The third-order valence-corrected chi connectivity index (χ3v) is 5.10. The molecule has 26 heavy (non-hydrogen) atoms. The van der Waals surface area contributed by atoms with E-state index < -0.39 is 0 Å². The van der Waals surface area contributed by atoms with E-state index in [0.717, 1.165) is 37.6 Å². The van der Waals surface area contributed by atoms with Crippen molar-refractivity contribution < 1.29 is 5.11 Å². The summed E-state index contributed by atoms with van der Waals surface area (Å²) in [5.74, 6) is 0.338. The van der Waals surface area contributed by atoms with E-state index in [1.807, 2.05) is 57.8 Å². The maximum atomic E-state index is 10.0. The fourth-order valence-electron chi connectivity index (χ4n) is 3.25. The van der Waals surface area contributed by atoms with Gasteiger partial charge in [0.2, 0.25) is 4.77 Å². The lowest BCUT2D eigenvalue weighted by atomic mass is 10.2. The molecule has 6 nitrogen and oxygen atoms in total. The molecule has 2 aromatic carbocycles. The number of phenolic OH excluding ortho intramolecular Hbond substituents is 1. The molecule has 0 spiro atoms. The first kappa shape index (κ1) is 16.8. The van der Waals surface area contributed by atoms with Gasteiger partial charge in [-0.25, -0.2) is 4.68 Å². The van der Waals surface area contributed by atoms with Crippen LogP contribution in [0.3, 0.4) is 0 Å². The molecule has 1 fully saturated rings. The average molecular weight is 367 g/mol. The Labute approximate surface area is 157 Å². The standard InChI is InChI=1S/C19H21N5OS/c25-18-9-5-4-8-17(18)22-12-10-21(11-13-22)15-24-19(26)23(14-20-24)16-6-2-1-3-7-16/h1-9,14,25H,10-13,15H2. The van der Waals surface area contributed by atoms with Gasteiger partial charge >= 0.3 is 0 Å². The Kier molecular flexibility index (Phi) is 4.73. The van der Waals surface area contributed by atoms with Gasteiger partial charge in [0.1, 0.15) is 12.1 Å². The Morgan fingerprint density at radius 1 is 0.923 bits per heavy atom. The van der Waals surface area contributed by atoms with Crippen molar-refractivity contribution in [3.63, 3.8) is 0 Å². The number of hydrogen-bond acceptors (Lipinski definition) is 5. The van der Waals surface area contributed by atoms with E-state index in [1.54, 1.807) is 12.4 Å². The van der Waals surface area contributed by atoms with E-state index in [-0.39, 0.29) is 0 Å². The fraction of sp³-hybridized carbons (Fsp3) is 0.263. The van der Waals surface area contributed by atoms with Gasteiger partial charge in [-0.1, -0.05) is 30.3 Å². The van der Waals surface area contributed by atoms with E-state index >= 15 is 0 Å². The Bertz CT molecular complexity index is 928. The highest BCUT2D eigenvalue weighted by molar-refractivity contribution is 7.71. The molecular formula is C19H21N5OS. The van der Waals surface area contributed by atoms with Gasteiger partial charge in [0.05, 0.1) is 12.4 Å². The summed E-state index contributed by atoms with van der Waals surface area (Å²) in [6.07, 6.45) is 1.77. The molecule has 0 unspecified atom stereocenters. The zero-order valence-corrected chi connectivity index (χ0v) is 15.2. The van der Waals surface area contributed by atoms with Crippen LogP contribution in [0.5, 0.6) is 5.75 Å². The van der Waals surface area contributed by atoms with E-state index in [9.17, 15) is 5.11 Å². The summed E-state index contributed by atoms with van der Waals surface area (Å²) in [4.78, 5) is 4.54. The van der Waals surface area contributed by atoms with Crippen molar-refractivity contribution in [2.24, 2.45) is 0 Å². The highest BCUT2D eigenvalue weighted by Crippen LogP contribution is 2.27. The van der Waals surface area contributed by atoms with Crippen molar-refractivity contribution in [2.45, 2.75) is 6.67 Å². The van der Waals surface area contributed by atoms with Crippen molar-refractivity contribution in [3.05, 3.63) is 65.7 Å². The summed E-state index contributed by atoms with van der Waals surface area (Å²) < 4.78 is 4.48. The summed E-state index contributed by atoms with van der Waals surface area (Å²) in [5, 5.41) is 14.5. The monoisotopic (exact) mass is 367 g/mol. The maximum Gasteiger partial charge on any atom is 0.203 e. The number of rotatable bonds is 4. The molecule has 0 aliphatic carbocycles. The third-order valence-electron chi connectivity index (χ3n) is 4.70. The van der Waals surface area contributed by atoms with Gasteiger partial charge in [-0.2, -0.15) is 5.10 Å². The topological polar surface area (TPSA) is 49.5 Å². The summed E-state index contributed by atoms with van der Waals surface area (Å²) in [6.45, 7) is 4.20.